The number of amides is 1. The summed E-state index contributed by atoms with van der Waals surface area (Å²) in [6.45, 7) is 4.33. The zero-order valence-electron chi connectivity index (χ0n) is 17.3. The predicted octanol–water partition coefficient (Wildman–Crippen LogP) is 3.19. The molecule has 0 atom stereocenters. The first-order chi connectivity index (χ1) is 15.1. The number of hydrogen-bond acceptors (Lipinski definition) is 8. The largest absolute Gasteiger partial charge is 0.454 e. The highest BCUT2D eigenvalue weighted by molar-refractivity contribution is 7.20. The van der Waals surface area contributed by atoms with E-state index in [1.165, 1.54) is 17.7 Å². The first kappa shape index (κ1) is 20.0. The number of carbonyl (C=O) groups excluding carboxylic acids is 1. The molecule has 2 N–H and O–H groups in total. The lowest BCUT2D eigenvalue weighted by molar-refractivity contribution is 0.0655. The van der Waals surface area contributed by atoms with Crippen molar-refractivity contribution >= 4 is 33.3 Å². The normalized spacial score (nSPS) is 16.1. The average molecular weight is 441 g/mol. The smallest absolute Gasteiger partial charge is 0.264 e. The molecule has 162 valence electrons. The molecule has 2 aliphatic rings. The number of aliphatic hydroxyl groups excluding tert-OH is 1. The van der Waals surface area contributed by atoms with Crippen LogP contribution in [0.3, 0.4) is 0 Å². The Labute approximate surface area is 183 Å². The third-order valence-corrected chi connectivity index (χ3v) is 7.17. The molecule has 0 saturated carbocycles. The number of carbonyl (C=O) groups is 1. The Morgan fingerprint density at radius 3 is 2.87 bits per heavy atom. The van der Waals surface area contributed by atoms with Crippen molar-refractivity contribution in [1.29, 1.82) is 0 Å². The number of likely N-dealkylation sites (tertiary alicyclic amines) is 1. The number of rotatable bonds is 5. The number of fused-ring (bicyclic) bond motifs is 2. The van der Waals surface area contributed by atoms with Crippen LogP contribution in [0.2, 0.25) is 0 Å². The number of piperidine rings is 1. The van der Waals surface area contributed by atoms with Crippen molar-refractivity contribution in [3.05, 3.63) is 40.5 Å². The number of nitrogens with zero attached hydrogens (tertiary/aromatic N) is 3. The first-order valence-corrected chi connectivity index (χ1v) is 11.2. The minimum Gasteiger partial charge on any atom is -0.454 e. The highest BCUT2D eigenvalue weighted by atomic mass is 32.1. The van der Waals surface area contributed by atoms with Crippen molar-refractivity contribution < 1.29 is 19.4 Å². The van der Waals surface area contributed by atoms with Crippen molar-refractivity contribution in [2.75, 3.05) is 31.8 Å². The van der Waals surface area contributed by atoms with E-state index in [1.807, 2.05) is 30.0 Å². The summed E-state index contributed by atoms with van der Waals surface area (Å²) < 4.78 is 10.8. The summed E-state index contributed by atoms with van der Waals surface area (Å²) in [4.78, 5) is 25.4. The number of anilines is 1. The number of aromatic nitrogens is 2. The molecule has 0 unspecified atom stereocenters. The Morgan fingerprint density at radius 2 is 2.06 bits per heavy atom. The number of aliphatic hydroxyl groups is 1. The van der Waals surface area contributed by atoms with E-state index in [0.29, 0.717) is 30.4 Å². The molecule has 3 aromatic rings. The molecule has 1 fully saturated rings. The van der Waals surface area contributed by atoms with Crippen molar-refractivity contribution in [2.45, 2.75) is 26.3 Å². The molecular formula is C22H24N4O4S. The maximum absolute atomic E-state index is 13.2. The third kappa shape index (κ3) is 3.79. The van der Waals surface area contributed by atoms with Crippen molar-refractivity contribution in [3.63, 3.8) is 0 Å². The zero-order valence-corrected chi connectivity index (χ0v) is 18.1. The van der Waals surface area contributed by atoms with E-state index in [2.05, 4.69) is 15.3 Å². The predicted molar refractivity (Wildman–Crippen MR) is 118 cm³/mol. The molecule has 5 rings (SSSR count). The summed E-state index contributed by atoms with van der Waals surface area (Å²) >= 11 is 1.42. The molecule has 4 heterocycles. The number of thiophene rings is 1. The van der Waals surface area contributed by atoms with E-state index in [1.54, 1.807) is 0 Å². The maximum Gasteiger partial charge on any atom is 0.264 e. The zero-order chi connectivity index (χ0) is 21.4. The van der Waals surface area contributed by atoms with Gasteiger partial charge in [0.05, 0.1) is 10.3 Å². The van der Waals surface area contributed by atoms with Gasteiger partial charge in [0.2, 0.25) is 6.79 Å². The van der Waals surface area contributed by atoms with Crippen LogP contribution < -0.4 is 14.8 Å². The Balaban J connectivity index is 1.36. The molecule has 31 heavy (non-hydrogen) atoms. The van der Waals surface area contributed by atoms with Crippen LogP contribution in [0, 0.1) is 12.8 Å². The molecule has 2 aliphatic heterocycles. The lowest BCUT2D eigenvalue weighted by Gasteiger charge is -2.31. The molecule has 8 nitrogen and oxygen atoms in total. The molecule has 0 radical (unpaired) electrons. The first-order valence-electron chi connectivity index (χ1n) is 10.4. The summed E-state index contributed by atoms with van der Waals surface area (Å²) in [5, 5.41) is 13.6. The highest BCUT2D eigenvalue weighted by Crippen LogP contribution is 2.36. The van der Waals surface area contributed by atoms with Gasteiger partial charge >= 0.3 is 0 Å². The van der Waals surface area contributed by atoms with Crippen LogP contribution in [0.15, 0.2) is 24.5 Å². The third-order valence-electron chi connectivity index (χ3n) is 5.98. The van der Waals surface area contributed by atoms with Gasteiger partial charge in [-0.2, -0.15) is 0 Å². The van der Waals surface area contributed by atoms with Gasteiger partial charge < -0.3 is 24.8 Å². The molecular weight excluding hydrogens is 416 g/mol. The van der Waals surface area contributed by atoms with Gasteiger partial charge in [0.25, 0.3) is 5.91 Å². The van der Waals surface area contributed by atoms with Gasteiger partial charge in [-0.25, -0.2) is 9.97 Å². The van der Waals surface area contributed by atoms with Gasteiger partial charge in [-0.15, -0.1) is 11.3 Å². The standard InChI is InChI=1S/C22H24N4O4S/c1-13-18-20(23-9-15-2-3-16-17(8-15)30-12-29-16)24-11-25-21(18)31-19(13)22(28)26-6-4-14(10-27)5-7-26/h2-3,8,11,14,27H,4-7,9-10,12H2,1H3,(H,23,24,25). The van der Waals surface area contributed by atoms with Gasteiger partial charge in [-0.1, -0.05) is 6.07 Å². The lowest BCUT2D eigenvalue weighted by Crippen LogP contribution is -2.39. The number of nitrogens with one attached hydrogen (secondary N) is 1. The lowest BCUT2D eigenvalue weighted by atomic mass is 9.97. The van der Waals surface area contributed by atoms with Crippen LogP contribution >= 0.6 is 11.3 Å². The number of ether oxygens (including phenoxy) is 2. The average Bonchev–Trinajstić information content (AvgIpc) is 3.41. The Bertz CT molecular complexity index is 1120. The fourth-order valence-corrected chi connectivity index (χ4v) is 5.23. The van der Waals surface area contributed by atoms with E-state index < -0.39 is 0 Å². The Morgan fingerprint density at radius 1 is 1.26 bits per heavy atom. The van der Waals surface area contributed by atoms with Gasteiger partial charge in [-0.05, 0) is 48.9 Å². The molecule has 0 aliphatic carbocycles. The Kier molecular flexibility index (Phi) is 5.37. The quantitative estimate of drug-likeness (QED) is 0.629. The summed E-state index contributed by atoms with van der Waals surface area (Å²) in [5.41, 5.74) is 1.95. The van der Waals surface area contributed by atoms with Crippen LogP contribution in [0.25, 0.3) is 10.2 Å². The molecule has 1 amide bonds. The van der Waals surface area contributed by atoms with Crippen LogP contribution in [0.4, 0.5) is 5.82 Å². The summed E-state index contributed by atoms with van der Waals surface area (Å²) in [6, 6.07) is 5.85. The van der Waals surface area contributed by atoms with Crippen molar-refractivity contribution in [1.82, 2.24) is 14.9 Å². The minimum absolute atomic E-state index is 0.0404. The molecule has 1 saturated heterocycles. The van der Waals surface area contributed by atoms with Gasteiger partial charge in [0.15, 0.2) is 11.5 Å². The molecule has 1 aromatic carbocycles. The fraction of sp³-hybridized carbons (Fsp3) is 0.409. The number of hydrogen-bond donors (Lipinski definition) is 2. The topological polar surface area (TPSA) is 96.8 Å². The second-order valence-corrected chi connectivity index (χ2v) is 8.92. The fourth-order valence-electron chi connectivity index (χ4n) is 4.11. The van der Waals surface area contributed by atoms with Crippen LogP contribution in [0.1, 0.15) is 33.6 Å². The second-order valence-electron chi connectivity index (χ2n) is 7.92. The van der Waals surface area contributed by atoms with Crippen molar-refractivity contribution in [3.8, 4) is 11.5 Å². The molecule has 9 heteroatoms. The van der Waals surface area contributed by atoms with E-state index in [9.17, 15) is 9.90 Å². The van der Waals surface area contributed by atoms with Crippen LogP contribution in [-0.4, -0.2) is 52.4 Å². The molecule has 0 spiro atoms. The summed E-state index contributed by atoms with van der Waals surface area (Å²) in [5.74, 6) is 2.56. The van der Waals surface area contributed by atoms with E-state index in [0.717, 1.165) is 51.5 Å². The highest BCUT2D eigenvalue weighted by Gasteiger charge is 2.27. The minimum atomic E-state index is 0.0404. The van der Waals surface area contributed by atoms with Crippen molar-refractivity contribution in [2.24, 2.45) is 5.92 Å². The molecule has 2 aromatic heterocycles. The van der Waals surface area contributed by atoms with E-state index in [4.69, 9.17) is 9.47 Å². The maximum atomic E-state index is 13.2. The van der Waals surface area contributed by atoms with Crippen LogP contribution in [-0.2, 0) is 6.54 Å². The van der Waals surface area contributed by atoms with Gasteiger partial charge in [0, 0.05) is 26.2 Å². The van der Waals surface area contributed by atoms with E-state index >= 15 is 0 Å². The number of aryl methyl sites for hydroxylation is 1. The van der Waals surface area contributed by atoms with E-state index in [-0.39, 0.29) is 19.3 Å². The summed E-state index contributed by atoms with van der Waals surface area (Å²) in [7, 11) is 0. The molecule has 0 bridgehead atoms. The van der Waals surface area contributed by atoms with Crippen LogP contribution in [0.5, 0.6) is 11.5 Å². The number of benzene rings is 1. The summed E-state index contributed by atoms with van der Waals surface area (Å²) in [6.07, 6.45) is 3.21. The Hall–Kier alpha value is -2.91. The van der Waals surface area contributed by atoms with Gasteiger partial charge in [0.1, 0.15) is 17.0 Å². The monoisotopic (exact) mass is 440 g/mol. The second kappa shape index (κ2) is 8.32. The van der Waals surface area contributed by atoms with Gasteiger partial charge in [-0.3, -0.25) is 4.79 Å². The SMILES string of the molecule is Cc1c(C(=O)N2CCC(CO)CC2)sc2ncnc(NCc3ccc4c(c3)OCO4)c12.